The second-order valence-corrected chi connectivity index (χ2v) is 5.96. The third kappa shape index (κ3) is 8.71. The lowest BCUT2D eigenvalue weighted by molar-refractivity contribution is -0.147. The van der Waals surface area contributed by atoms with Crippen molar-refractivity contribution in [3.63, 3.8) is 0 Å². The Kier molecular flexibility index (Phi) is 10.0. The summed E-state index contributed by atoms with van der Waals surface area (Å²) in [6.45, 7) is 8.13. The van der Waals surface area contributed by atoms with Gasteiger partial charge in [-0.1, -0.05) is 32.8 Å². The maximum atomic E-state index is 10.9. The lowest BCUT2D eigenvalue weighted by Gasteiger charge is -2.18. The van der Waals surface area contributed by atoms with E-state index in [1.165, 1.54) is 0 Å². The van der Waals surface area contributed by atoms with E-state index < -0.39 is 11.4 Å². The average molecular weight is 360 g/mol. The summed E-state index contributed by atoms with van der Waals surface area (Å²) in [5.41, 5.74) is -0.632. The van der Waals surface area contributed by atoms with Gasteiger partial charge >= 0.3 is 5.97 Å². The first-order valence-corrected chi connectivity index (χ1v) is 8.20. The molecule has 0 aromatic carbocycles. The minimum absolute atomic E-state index is 0.608. The van der Waals surface area contributed by atoms with Crippen LogP contribution in [0.1, 0.15) is 53.4 Å². The molecule has 4 nitrogen and oxygen atoms in total. The Labute approximate surface area is 136 Å². The zero-order valence-electron chi connectivity index (χ0n) is 13.4. The number of ether oxygens (including phenoxy) is 1. The van der Waals surface area contributed by atoms with Gasteiger partial charge in [0.15, 0.2) is 0 Å². The van der Waals surface area contributed by atoms with E-state index in [2.05, 4.69) is 20.9 Å². The van der Waals surface area contributed by atoms with Crippen molar-refractivity contribution in [3.8, 4) is 5.88 Å². The van der Waals surface area contributed by atoms with Crippen molar-refractivity contribution in [2.24, 2.45) is 5.41 Å². The molecule has 0 saturated heterocycles. The normalized spacial score (nSPS) is 10.5. The van der Waals surface area contributed by atoms with E-state index in [9.17, 15) is 4.79 Å². The fraction of sp³-hybridized carbons (Fsp3) is 0.625. The number of halogens is 1. The molecule has 1 heterocycles. The number of nitrogens with zero attached hydrogens (tertiary/aromatic N) is 1. The van der Waals surface area contributed by atoms with Crippen molar-refractivity contribution < 1.29 is 14.6 Å². The van der Waals surface area contributed by atoms with Gasteiger partial charge in [0.2, 0.25) is 5.88 Å². The molecular formula is C16H26BrNO3. The van der Waals surface area contributed by atoms with Gasteiger partial charge in [-0.2, -0.15) is 0 Å². The molecule has 5 heteroatoms. The summed E-state index contributed by atoms with van der Waals surface area (Å²) in [5.74, 6) is -0.123. The minimum atomic E-state index is -0.734. The number of carbonyl (C=O) groups is 1. The standard InChI is InChI=1S/C14H20BrNO3.C2H6/c1-14(2,13(17)18)9-4-3-5-10-19-12-8-6-7-11(15)16-12;1-2/h6-8H,3-5,9-10H2,1-2H3,(H,17,18);1-2H3. The van der Waals surface area contributed by atoms with Gasteiger partial charge in [-0.25, -0.2) is 4.98 Å². The van der Waals surface area contributed by atoms with Crippen molar-refractivity contribution in [2.75, 3.05) is 6.61 Å². The first kappa shape index (κ1) is 19.9. The van der Waals surface area contributed by atoms with Gasteiger partial charge in [0, 0.05) is 6.07 Å². The highest BCUT2D eigenvalue weighted by Crippen LogP contribution is 2.23. The van der Waals surface area contributed by atoms with Crippen molar-refractivity contribution in [2.45, 2.75) is 53.4 Å². The molecule has 120 valence electrons. The zero-order valence-corrected chi connectivity index (χ0v) is 14.9. The highest BCUT2D eigenvalue weighted by molar-refractivity contribution is 9.10. The number of unbranched alkanes of at least 4 members (excludes halogenated alkanes) is 2. The number of carboxylic acids is 1. The van der Waals surface area contributed by atoms with Crippen LogP contribution in [-0.2, 0) is 4.79 Å². The average Bonchev–Trinajstić information content (AvgIpc) is 2.44. The number of carboxylic acid groups (broad SMARTS) is 1. The summed E-state index contributed by atoms with van der Waals surface area (Å²) in [7, 11) is 0. The highest BCUT2D eigenvalue weighted by atomic mass is 79.9. The lowest BCUT2D eigenvalue weighted by Crippen LogP contribution is -2.23. The molecular weight excluding hydrogens is 334 g/mol. The van der Waals surface area contributed by atoms with E-state index in [-0.39, 0.29) is 0 Å². The quantitative estimate of drug-likeness (QED) is 0.528. The van der Waals surface area contributed by atoms with Crippen LogP contribution in [0.15, 0.2) is 22.8 Å². The van der Waals surface area contributed by atoms with Crippen LogP contribution in [-0.4, -0.2) is 22.7 Å². The van der Waals surface area contributed by atoms with Crippen LogP contribution in [0, 0.1) is 5.41 Å². The molecule has 0 fully saturated rings. The summed E-state index contributed by atoms with van der Waals surface area (Å²) in [6.07, 6.45) is 3.46. The number of rotatable bonds is 8. The maximum absolute atomic E-state index is 10.9. The van der Waals surface area contributed by atoms with Gasteiger partial charge in [0.05, 0.1) is 12.0 Å². The Morgan fingerprint density at radius 1 is 1.29 bits per heavy atom. The maximum Gasteiger partial charge on any atom is 0.309 e. The topological polar surface area (TPSA) is 59.4 Å². The van der Waals surface area contributed by atoms with Gasteiger partial charge in [0.25, 0.3) is 0 Å². The van der Waals surface area contributed by atoms with Crippen LogP contribution in [0.5, 0.6) is 5.88 Å². The number of pyridine rings is 1. The Bertz CT molecular complexity index is 422. The molecule has 0 aliphatic heterocycles. The van der Waals surface area contributed by atoms with E-state index >= 15 is 0 Å². The molecule has 0 saturated carbocycles. The molecule has 0 aliphatic rings. The van der Waals surface area contributed by atoms with Gasteiger partial charge in [-0.05, 0) is 48.7 Å². The molecule has 0 atom stereocenters. The fourth-order valence-electron chi connectivity index (χ4n) is 1.60. The predicted octanol–water partition coefficient (Wildman–Crippen LogP) is 4.92. The van der Waals surface area contributed by atoms with Gasteiger partial charge in [0.1, 0.15) is 4.60 Å². The van der Waals surface area contributed by atoms with Crippen LogP contribution in [0.25, 0.3) is 0 Å². The smallest absolute Gasteiger partial charge is 0.309 e. The van der Waals surface area contributed by atoms with E-state index in [4.69, 9.17) is 9.84 Å². The molecule has 1 N–H and O–H groups in total. The molecule has 0 spiro atoms. The summed E-state index contributed by atoms with van der Waals surface area (Å²) in [4.78, 5) is 15.1. The molecule has 0 radical (unpaired) electrons. The van der Waals surface area contributed by atoms with Gasteiger partial charge < -0.3 is 9.84 Å². The Balaban J connectivity index is 0.00000191. The zero-order chi connectivity index (χ0) is 16.3. The summed E-state index contributed by atoms with van der Waals surface area (Å²) in [6, 6.07) is 5.54. The first-order chi connectivity index (χ1) is 9.92. The van der Waals surface area contributed by atoms with E-state index in [0.29, 0.717) is 18.9 Å². The second kappa shape index (κ2) is 10.6. The second-order valence-electron chi connectivity index (χ2n) is 5.15. The van der Waals surface area contributed by atoms with Crippen molar-refractivity contribution in [1.82, 2.24) is 4.98 Å². The molecule has 21 heavy (non-hydrogen) atoms. The largest absolute Gasteiger partial charge is 0.481 e. The SMILES string of the molecule is CC.CC(C)(CCCCCOc1cccc(Br)n1)C(=O)O. The number of hydrogen-bond acceptors (Lipinski definition) is 3. The minimum Gasteiger partial charge on any atom is -0.481 e. The monoisotopic (exact) mass is 359 g/mol. The predicted molar refractivity (Wildman–Crippen MR) is 88.7 cm³/mol. The van der Waals surface area contributed by atoms with E-state index in [1.54, 1.807) is 13.8 Å². The van der Waals surface area contributed by atoms with Crippen LogP contribution in [0.3, 0.4) is 0 Å². The molecule has 0 unspecified atom stereocenters. The third-order valence-corrected chi connectivity index (χ3v) is 3.41. The number of aliphatic carboxylic acids is 1. The Hall–Kier alpha value is -1.10. The summed E-state index contributed by atoms with van der Waals surface area (Å²) in [5, 5.41) is 8.98. The Morgan fingerprint density at radius 3 is 2.52 bits per heavy atom. The molecule has 0 bridgehead atoms. The Morgan fingerprint density at radius 2 is 1.95 bits per heavy atom. The summed E-state index contributed by atoms with van der Waals surface area (Å²) < 4.78 is 6.27. The van der Waals surface area contributed by atoms with Crippen molar-refractivity contribution in [1.29, 1.82) is 0 Å². The number of aromatic nitrogens is 1. The van der Waals surface area contributed by atoms with Gasteiger partial charge in [-0.3, -0.25) is 4.79 Å². The van der Waals surface area contributed by atoms with Crippen molar-refractivity contribution >= 4 is 21.9 Å². The molecule has 1 aromatic rings. The van der Waals surface area contributed by atoms with E-state index in [1.807, 2.05) is 32.0 Å². The highest BCUT2D eigenvalue weighted by Gasteiger charge is 2.25. The van der Waals surface area contributed by atoms with Crippen LogP contribution < -0.4 is 4.74 Å². The van der Waals surface area contributed by atoms with Crippen LogP contribution in [0.2, 0.25) is 0 Å². The summed E-state index contributed by atoms with van der Waals surface area (Å²) >= 11 is 3.28. The molecule has 0 aliphatic carbocycles. The van der Waals surface area contributed by atoms with Crippen LogP contribution in [0.4, 0.5) is 0 Å². The van der Waals surface area contributed by atoms with Gasteiger partial charge in [-0.15, -0.1) is 0 Å². The fourth-order valence-corrected chi connectivity index (χ4v) is 1.93. The van der Waals surface area contributed by atoms with Crippen LogP contribution >= 0.6 is 15.9 Å². The molecule has 1 aromatic heterocycles. The third-order valence-electron chi connectivity index (χ3n) is 2.96. The van der Waals surface area contributed by atoms with E-state index in [0.717, 1.165) is 23.9 Å². The molecule has 1 rings (SSSR count). The number of hydrogen-bond donors (Lipinski definition) is 1. The first-order valence-electron chi connectivity index (χ1n) is 7.40. The van der Waals surface area contributed by atoms with Crippen molar-refractivity contribution in [3.05, 3.63) is 22.8 Å². The molecule has 0 amide bonds. The lowest BCUT2D eigenvalue weighted by atomic mass is 9.87.